The maximum Gasteiger partial charge on any atom is 0.349 e. The molecule has 0 aliphatic rings. The summed E-state index contributed by atoms with van der Waals surface area (Å²) in [5.41, 5.74) is 1.37. The molecule has 0 aliphatic carbocycles. The molecule has 6 nitrogen and oxygen atoms in total. The Morgan fingerprint density at radius 2 is 1.52 bits per heavy atom. The first-order valence-corrected chi connectivity index (χ1v) is 10.3. The SMILES string of the molecule is Cc1ccccc1OCC(=O)Oc1ccc(N(C)S(=O)(=O)c2ccccc2)cc1. The van der Waals surface area contributed by atoms with Crippen LogP contribution < -0.4 is 13.8 Å². The number of rotatable bonds is 7. The first-order valence-electron chi connectivity index (χ1n) is 8.91. The standard InChI is InChI=1S/C22H21NO5S/c1-17-8-6-7-11-21(17)27-16-22(24)28-19-14-12-18(13-15-19)23(2)29(25,26)20-9-4-3-5-10-20/h3-15H,16H2,1-2H3. The second-order valence-electron chi connectivity index (χ2n) is 6.31. The van der Waals surface area contributed by atoms with E-state index in [1.807, 2.05) is 25.1 Å². The number of carbonyl (C=O) groups is 1. The van der Waals surface area contributed by atoms with E-state index < -0.39 is 16.0 Å². The average molecular weight is 411 g/mol. The molecule has 3 rings (SSSR count). The number of carbonyl (C=O) groups excluding carboxylic acids is 1. The zero-order valence-corrected chi connectivity index (χ0v) is 16.9. The molecule has 0 atom stereocenters. The van der Waals surface area contributed by atoms with E-state index in [1.165, 1.54) is 35.6 Å². The van der Waals surface area contributed by atoms with Crippen molar-refractivity contribution in [3.05, 3.63) is 84.4 Å². The fourth-order valence-electron chi connectivity index (χ4n) is 2.63. The van der Waals surface area contributed by atoms with E-state index in [4.69, 9.17) is 9.47 Å². The number of sulfonamides is 1. The molecule has 0 N–H and O–H groups in total. The number of benzene rings is 3. The summed E-state index contributed by atoms with van der Waals surface area (Å²) in [6, 6.07) is 21.8. The van der Waals surface area contributed by atoms with Crippen molar-refractivity contribution in [3.63, 3.8) is 0 Å². The minimum absolute atomic E-state index is 0.200. The Morgan fingerprint density at radius 1 is 0.897 bits per heavy atom. The summed E-state index contributed by atoms with van der Waals surface area (Å²) in [5.74, 6) is 0.372. The zero-order valence-electron chi connectivity index (χ0n) is 16.1. The van der Waals surface area contributed by atoms with Crippen molar-refractivity contribution in [2.24, 2.45) is 0 Å². The van der Waals surface area contributed by atoms with Crippen molar-refractivity contribution in [3.8, 4) is 11.5 Å². The van der Waals surface area contributed by atoms with Crippen molar-refractivity contribution in [2.75, 3.05) is 18.0 Å². The van der Waals surface area contributed by atoms with Crippen LogP contribution in [0, 0.1) is 6.92 Å². The third kappa shape index (κ3) is 4.94. The van der Waals surface area contributed by atoms with Crippen molar-refractivity contribution in [2.45, 2.75) is 11.8 Å². The first kappa shape index (κ1) is 20.4. The van der Waals surface area contributed by atoms with Gasteiger partial charge in [0.25, 0.3) is 10.0 Å². The monoisotopic (exact) mass is 411 g/mol. The highest BCUT2D eigenvalue weighted by molar-refractivity contribution is 7.92. The van der Waals surface area contributed by atoms with Crippen molar-refractivity contribution >= 4 is 21.7 Å². The van der Waals surface area contributed by atoms with Gasteiger partial charge in [0.2, 0.25) is 0 Å². The Hall–Kier alpha value is -3.32. The van der Waals surface area contributed by atoms with E-state index in [0.717, 1.165) is 5.56 Å². The van der Waals surface area contributed by atoms with Gasteiger partial charge in [0, 0.05) is 7.05 Å². The molecule has 0 saturated heterocycles. The Kier molecular flexibility index (Phi) is 6.19. The van der Waals surface area contributed by atoms with E-state index >= 15 is 0 Å². The van der Waals surface area contributed by atoms with E-state index in [9.17, 15) is 13.2 Å². The highest BCUT2D eigenvalue weighted by Crippen LogP contribution is 2.24. The number of hydrogen-bond donors (Lipinski definition) is 0. The van der Waals surface area contributed by atoms with Crippen molar-refractivity contribution < 1.29 is 22.7 Å². The van der Waals surface area contributed by atoms with Gasteiger partial charge in [-0.15, -0.1) is 0 Å². The number of ether oxygens (including phenoxy) is 2. The van der Waals surface area contributed by atoms with Gasteiger partial charge in [0.15, 0.2) is 6.61 Å². The van der Waals surface area contributed by atoms with Gasteiger partial charge in [-0.2, -0.15) is 0 Å². The van der Waals surface area contributed by atoms with Crippen LogP contribution in [0.25, 0.3) is 0 Å². The Morgan fingerprint density at radius 3 is 2.17 bits per heavy atom. The molecule has 0 fully saturated rings. The zero-order chi connectivity index (χ0) is 20.9. The van der Waals surface area contributed by atoms with Crippen LogP contribution in [0.5, 0.6) is 11.5 Å². The summed E-state index contributed by atoms with van der Waals surface area (Å²) in [7, 11) is -2.19. The second kappa shape index (κ2) is 8.79. The molecule has 150 valence electrons. The smallest absolute Gasteiger partial charge is 0.349 e. The predicted molar refractivity (Wildman–Crippen MR) is 111 cm³/mol. The highest BCUT2D eigenvalue weighted by atomic mass is 32.2. The molecular weight excluding hydrogens is 390 g/mol. The van der Waals surface area contributed by atoms with Crippen LogP contribution in [0.15, 0.2) is 83.8 Å². The summed E-state index contributed by atoms with van der Waals surface area (Å²) < 4.78 is 37.2. The lowest BCUT2D eigenvalue weighted by Gasteiger charge is -2.19. The Balaban J connectivity index is 1.62. The molecule has 0 heterocycles. The second-order valence-corrected chi connectivity index (χ2v) is 8.28. The molecule has 3 aromatic carbocycles. The van der Waals surface area contributed by atoms with Gasteiger partial charge in [-0.1, -0.05) is 36.4 Å². The summed E-state index contributed by atoms with van der Waals surface area (Å²) in [6.07, 6.45) is 0. The summed E-state index contributed by atoms with van der Waals surface area (Å²) in [6.45, 7) is 1.66. The third-order valence-electron chi connectivity index (χ3n) is 4.27. The van der Waals surface area contributed by atoms with Crippen LogP contribution >= 0.6 is 0 Å². The summed E-state index contributed by atoms with van der Waals surface area (Å²) >= 11 is 0. The van der Waals surface area contributed by atoms with Crippen LogP contribution in [0.2, 0.25) is 0 Å². The average Bonchev–Trinajstić information content (AvgIpc) is 2.74. The molecule has 0 spiro atoms. The lowest BCUT2D eigenvalue weighted by atomic mass is 10.2. The minimum Gasteiger partial charge on any atom is -0.482 e. The lowest BCUT2D eigenvalue weighted by Crippen LogP contribution is -2.26. The topological polar surface area (TPSA) is 72.9 Å². The molecular formula is C22H21NO5S. The maximum atomic E-state index is 12.7. The Bertz CT molecular complexity index is 1080. The molecule has 0 bridgehead atoms. The van der Waals surface area contributed by atoms with E-state index in [1.54, 1.807) is 36.4 Å². The van der Waals surface area contributed by atoms with Crippen LogP contribution in [0.1, 0.15) is 5.56 Å². The van der Waals surface area contributed by atoms with Gasteiger partial charge in [-0.25, -0.2) is 13.2 Å². The number of nitrogens with zero attached hydrogens (tertiary/aromatic N) is 1. The molecule has 0 unspecified atom stereocenters. The number of anilines is 1. The number of hydrogen-bond acceptors (Lipinski definition) is 5. The Labute approximate surface area is 170 Å². The number of esters is 1. The number of aryl methyl sites for hydroxylation is 1. The van der Waals surface area contributed by atoms with E-state index in [-0.39, 0.29) is 11.5 Å². The van der Waals surface area contributed by atoms with Crippen LogP contribution in [-0.2, 0) is 14.8 Å². The molecule has 7 heteroatoms. The molecule has 0 saturated carbocycles. The third-order valence-corrected chi connectivity index (χ3v) is 6.07. The number of para-hydroxylation sites is 1. The molecule has 29 heavy (non-hydrogen) atoms. The van der Waals surface area contributed by atoms with Gasteiger partial charge in [-0.05, 0) is 55.0 Å². The lowest BCUT2D eigenvalue weighted by molar-refractivity contribution is -0.136. The largest absolute Gasteiger partial charge is 0.482 e. The van der Waals surface area contributed by atoms with Gasteiger partial charge in [0.1, 0.15) is 11.5 Å². The van der Waals surface area contributed by atoms with Gasteiger partial charge >= 0.3 is 5.97 Å². The van der Waals surface area contributed by atoms with Crippen molar-refractivity contribution in [1.82, 2.24) is 0 Å². The highest BCUT2D eigenvalue weighted by Gasteiger charge is 2.21. The predicted octanol–water partition coefficient (Wildman–Crippen LogP) is 3.80. The molecule has 0 aromatic heterocycles. The molecule has 0 aliphatic heterocycles. The fourth-order valence-corrected chi connectivity index (χ4v) is 3.85. The quantitative estimate of drug-likeness (QED) is 0.437. The summed E-state index contributed by atoms with van der Waals surface area (Å²) in [5, 5.41) is 0. The van der Waals surface area contributed by atoms with Crippen molar-refractivity contribution in [1.29, 1.82) is 0 Å². The normalized spacial score (nSPS) is 11.0. The van der Waals surface area contributed by atoms with Crippen LogP contribution in [0.4, 0.5) is 5.69 Å². The van der Waals surface area contributed by atoms with E-state index in [2.05, 4.69) is 0 Å². The van der Waals surface area contributed by atoms with Crippen LogP contribution in [0.3, 0.4) is 0 Å². The minimum atomic E-state index is -3.67. The molecule has 0 radical (unpaired) electrons. The van der Waals surface area contributed by atoms with Gasteiger partial charge in [-0.3, -0.25) is 4.31 Å². The fraction of sp³-hybridized carbons (Fsp3) is 0.136. The molecule has 3 aromatic rings. The van der Waals surface area contributed by atoms with Crippen LogP contribution in [-0.4, -0.2) is 28.0 Å². The first-order chi connectivity index (χ1) is 13.9. The van der Waals surface area contributed by atoms with Gasteiger partial charge in [0.05, 0.1) is 10.6 Å². The van der Waals surface area contributed by atoms with Gasteiger partial charge < -0.3 is 9.47 Å². The summed E-state index contributed by atoms with van der Waals surface area (Å²) in [4.78, 5) is 12.2. The van der Waals surface area contributed by atoms with E-state index in [0.29, 0.717) is 17.2 Å². The maximum absolute atomic E-state index is 12.7. The molecule has 0 amide bonds.